The molecule has 0 aliphatic carbocycles. The van der Waals surface area contributed by atoms with Gasteiger partial charge in [0.2, 0.25) is 5.91 Å². The van der Waals surface area contributed by atoms with Crippen LogP contribution in [0.4, 0.5) is 0 Å². The zero-order valence-corrected chi connectivity index (χ0v) is 15.2. The number of aliphatic hydroxyl groups is 1. The zero-order valence-electron chi connectivity index (χ0n) is 15.2. The van der Waals surface area contributed by atoms with Crippen molar-refractivity contribution >= 4 is 5.91 Å². The van der Waals surface area contributed by atoms with E-state index in [0.717, 1.165) is 51.1 Å². The number of hydrogen-bond acceptors (Lipinski definition) is 4. The molecule has 5 heteroatoms. The van der Waals surface area contributed by atoms with Crippen molar-refractivity contribution in [3.05, 3.63) is 35.9 Å². The molecule has 0 radical (unpaired) electrons. The molecule has 0 aromatic heterocycles. The van der Waals surface area contributed by atoms with Crippen LogP contribution in [0.5, 0.6) is 0 Å². The molecule has 1 aromatic carbocycles. The van der Waals surface area contributed by atoms with E-state index >= 15 is 0 Å². The number of carbonyl (C=O) groups excluding carboxylic acids is 1. The van der Waals surface area contributed by atoms with Gasteiger partial charge in [-0.3, -0.25) is 4.79 Å². The van der Waals surface area contributed by atoms with Gasteiger partial charge in [0.15, 0.2) is 0 Å². The second kappa shape index (κ2) is 8.79. The number of rotatable bonds is 7. The molecule has 5 nitrogen and oxygen atoms in total. The first-order valence-electron chi connectivity index (χ1n) is 9.57. The lowest BCUT2D eigenvalue weighted by atomic mass is 9.88. The number of benzene rings is 1. The van der Waals surface area contributed by atoms with Crippen LogP contribution < -0.4 is 10.6 Å². The van der Waals surface area contributed by atoms with Gasteiger partial charge in [-0.1, -0.05) is 37.3 Å². The maximum Gasteiger partial charge on any atom is 0.223 e. The van der Waals surface area contributed by atoms with Gasteiger partial charge in [-0.2, -0.15) is 0 Å². The molecule has 2 unspecified atom stereocenters. The maximum atomic E-state index is 12.2. The van der Waals surface area contributed by atoms with E-state index in [1.165, 1.54) is 0 Å². The van der Waals surface area contributed by atoms with E-state index in [2.05, 4.69) is 15.5 Å². The van der Waals surface area contributed by atoms with E-state index in [0.29, 0.717) is 18.4 Å². The van der Waals surface area contributed by atoms with Crippen molar-refractivity contribution in [2.24, 2.45) is 17.8 Å². The Balaban J connectivity index is 1.35. The molecule has 3 rings (SSSR count). The molecule has 2 saturated heterocycles. The van der Waals surface area contributed by atoms with E-state index < -0.39 is 6.10 Å². The lowest BCUT2D eigenvalue weighted by molar-refractivity contribution is -0.126. The molecule has 2 aliphatic heterocycles. The lowest BCUT2D eigenvalue weighted by Crippen LogP contribution is -2.50. The fourth-order valence-corrected chi connectivity index (χ4v) is 3.68. The predicted molar refractivity (Wildman–Crippen MR) is 99.1 cm³/mol. The second-order valence-corrected chi connectivity index (χ2v) is 7.62. The average Bonchev–Trinajstić information content (AvgIpc) is 2.60. The van der Waals surface area contributed by atoms with Crippen LogP contribution in [0.2, 0.25) is 0 Å². The SMILES string of the molecule is CC(C(=O)NCC1CCN(CC(O)c2ccccc2)CC1)C1CNC1. The van der Waals surface area contributed by atoms with Gasteiger partial charge >= 0.3 is 0 Å². The summed E-state index contributed by atoms with van der Waals surface area (Å²) in [6.45, 7) is 7.44. The Hall–Kier alpha value is -1.43. The number of carbonyl (C=O) groups is 1. The molecule has 1 aromatic rings. The predicted octanol–water partition coefficient (Wildman–Crippen LogP) is 1.40. The first kappa shape index (κ1) is 18.4. The van der Waals surface area contributed by atoms with Crippen molar-refractivity contribution in [1.82, 2.24) is 15.5 Å². The summed E-state index contributed by atoms with van der Waals surface area (Å²) in [7, 11) is 0. The van der Waals surface area contributed by atoms with E-state index in [4.69, 9.17) is 0 Å². The third-order valence-corrected chi connectivity index (χ3v) is 5.82. The first-order chi connectivity index (χ1) is 12.1. The molecule has 2 fully saturated rings. The molecule has 2 aliphatic rings. The Morgan fingerprint density at radius 3 is 2.56 bits per heavy atom. The minimum absolute atomic E-state index is 0.113. The third-order valence-electron chi connectivity index (χ3n) is 5.82. The minimum atomic E-state index is -0.422. The summed E-state index contributed by atoms with van der Waals surface area (Å²) in [5.41, 5.74) is 0.983. The number of β-amino-alcohol motifs (C(OH)–C–C–N with tert-alkyl or cyclic N) is 1. The summed E-state index contributed by atoms with van der Waals surface area (Å²) >= 11 is 0. The minimum Gasteiger partial charge on any atom is -0.387 e. The van der Waals surface area contributed by atoms with E-state index in [1.54, 1.807) is 0 Å². The molecule has 0 spiro atoms. The van der Waals surface area contributed by atoms with Crippen molar-refractivity contribution in [2.75, 3.05) is 39.3 Å². The molecule has 0 saturated carbocycles. The van der Waals surface area contributed by atoms with Crippen molar-refractivity contribution in [3.63, 3.8) is 0 Å². The number of likely N-dealkylation sites (tertiary alicyclic amines) is 1. The van der Waals surface area contributed by atoms with Crippen molar-refractivity contribution < 1.29 is 9.90 Å². The smallest absolute Gasteiger partial charge is 0.223 e. The number of aliphatic hydroxyl groups excluding tert-OH is 1. The van der Waals surface area contributed by atoms with E-state index in [9.17, 15) is 9.90 Å². The second-order valence-electron chi connectivity index (χ2n) is 7.62. The van der Waals surface area contributed by atoms with E-state index in [1.807, 2.05) is 37.3 Å². The Morgan fingerprint density at radius 1 is 1.28 bits per heavy atom. The van der Waals surface area contributed by atoms with Crippen LogP contribution in [-0.2, 0) is 4.79 Å². The van der Waals surface area contributed by atoms with Crippen LogP contribution in [0.1, 0.15) is 31.4 Å². The van der Waals surface area contributed by atoms with Crippen LogP contribution in [0, 0.1) is 17.8 Å². The monoisotopic (exact) mass is 345 g/mol. The fourth-order valence-electron chi connectivity index (χ4n) is 3.68. The molecule has 2 heterocycles. The zero-order chi connectivity index (χ0) is 17.6. The van der Waals surface area contributed by atoms with Crippen LogP contribution in [0.3, 0.4) is 0 Å². The van der Waals surface area contributed by atoms with Gasteiger partial charge in [0.25, 0.3) is 0 Å². The highest BCUT2D eigenvalue weighted by Gasteiger charge is 2.29. The highest BCUT2D eigenvalue weighted by atomic mass is 16.3. The lowest BCUT2D eigenvalue weighted by Gasteiger charge is -2.34. The summed E-state index contributed by atoms with van der Waals surface area (Å²) in [6.07, 6.45) is 1.75. The number of piperidine rings is 1. The molecule has 1 amide bonds. The maximum absolute atomic E-state index is 12.2. The first-order valence-corrected chi connectivity index (χ1v) is 9.57. The molecule has 25 heavy (non-hydrogen) atoms. The number of nitrogens with one attached hydrogen (secondary N) is 2. The van der Waals surface area contributed by atoms with Crippen molar-refractivity contribution in [3.8, 4) is 0 Å². The van der Waals surface area contributed by atoms with Gasteiger partial charge in [-0.15, -0.1) is 0 Å². The summed E-state index contributed by atoms with van der Waals surface area (Å²) in [4.78, 5) is 14.5. The largest absolute Gasteiger partial charge is 0.387 e. The van der Waals surface area contributed by atoms with E-state index in [-0.39, 0.29) is 11.8 Å². The molecule has 138 valence electrons. The Kier molecular flexibility index (Phi) is 6.45. The number of hydrogen-bond donors (Lipinski definition) is 3. The molecular weight excluding hydrogens is 314 g/mol. The van der Waals surface area contributed by atoms with Gasteiger partial charge in [-0.25, -0.2) is 0 Å². The van der Waals surface area contributed by atoms with Crippen molar-refractivity contribution in [1.29, 1.82) is 0 Å². The van der Waals surface area contributed by atoms with Crippen LogP contribution in [0.15, 0.2) is 30.3 Å². The third kappa shape index (κ3) is 5.03. The fraction of sp³-hybridized carbons (Fsp3) is 0.650. The highest BCUT2D eigenvalue weighted by Crippen LogP contribution is 2.21. The van der Waals surface area contributed by atoms with Gasteiger partial charge < -0.3 is 20.6 Å². The van der Waals surface area contributed by atoms with Crippen LogP contribution in [0.25, 0.3) is 0 Å². The average molecular weight is 345 g/mol. The number of amides is 1. The van der Waals surface area contributed by atoms with Gasteiger partial charge in [0.05, 0.1) is 6.10 Å². The quantitative estimate of drug-likeness (QED) is 0.699. The topological polar surface area (TPSA) is 64.6 Å². The summed E-state index contributed by atoms with van der Waals surface area (Å²) < 4.78 is 0. The molecular formula is C20H31N3O2. The van der Waals surface area contributed by atoms with Crippen molar-refractivity contribution in [2.45, 2.75) is 25.9 Å². The van der Waals surface area contributed by atoms with Gasteiger partial charge in [0.1, 0.15) is 0 Å². The highest BCUT2D eigenvalue weighted by molar-refractivity contribution is 5.78. The van der Waals surface area contributed by atoms with Crippen LogP contribution in [-0.4, -0.2) is 55.2 Å². The Bertz CT molecular complexity index is 539. The molecule has 0 bridgehead atoms. The number of nitrogens with zero attached hydrogens (tertiary/aromatic N) is 1. The van der Waals surface area contributed by atoms with Gasteiger partial charge in [-0.05, 0) is 56.4 Å². The normalized spacial score (nSPS) is 22.2. The summed E-state index contributed by atoms with van der Waals surface area (Å²) in [6, 6.07) is 9.86. The Morgan fingerprint density at radius 2 is 1.96 bits per heavy atom. The summed E-state index contributed by atoms with van der Waals surface area (Å²) in [5.74, 6) is 1.37. The standard InChI is InChI=1S/C20H31N3O2/c1-15(18-12-21-13-18)20(25)22-11-16-7-9-23(10-8-16)14-19(24)17-5-3-2-4-6-17/h2-6,15-16,18-19,21,24H,7-14H2,1H3,(H,22,25). The Labute approximate surface area is 150 Å². The molecule has 3 N–H and O–H groups in total. The summed E-state index contributed by atoms with van der Waals surface area (Å²) in [5, 5.41) is 16.7. The molecule has 2 atom stereocenters. The van der Waals surface area contributed by atoms with Crippen LogP contribution >= 0.6 is 0 Å². The van der Waals surface area contributed by atoms with Gasteiger partial charge in [0, 0.05) is 19.0 Å².